The molecule has 1 amide bonds. The van der Waals surface area contributed by atoms with E-state index in [-0.39, 0.29) is 5.41 Å². The molecule has 1 fully saturated rings. The average Bonchev–Trinajstić information content (AvgIpc) is 2.98. The second-order valence-electron chi connectivity index (χ2n) is 5.42. The molecule has 0 heterocycles. The average molecular weight is 212 g/mol. The van der Waals surface area contributed by atoms with Gasteiger partial charge in [0, 0.05) is 19.5 Å². The van der Waals surface area contributed by atoms with Crippen molar-refractivity contribution in [2.75, 3.05) is 19.6 Å². The summed E-state index contributed by atoms with van der Waals surface area (Å²) < 4.78 is 0. The third-order valence-corrected chi connectivity index (χ3v) is 3.07. The molecule has 0 aromatic carbocycles. The zero-order valence-corrected chi connectivity index (χ0v) is 10.3. The summed E-state index contributed by atoms with van der Waals surface area (Å²) in [6, 6.07) is 0. The Labute approximate surface area is 93.0 Å². The second-order valence-corrected chi connectivity index (χ2v) is 5.42. The first-order valence-corrected chi connectivity index (χ1v) is 5.96. The molecular formula is C12H24N2O. The van der Waals surface area contributed by atoms with Crippen LogP contribution in [-0.4, -0.2) is 30.4 Å². The molecule has 1 aliphatic rings. The highest BCUT2D eigenvalue weighted by Gasteiger charge is 2.28. The molecule has 2 N–H and O–H groups in total. The second kappa shape index (κ2) is 4.97. The Hall–Kier alpha value is -0.570. The van der Waals surface area contributed by atoms with E-state index >= 15 is 0 Å². The lowest BCUT2D eigenvalue weighted by atomic mass is 9.93. The minimum atomic E-state index is 0.0369. The number of nitrogens with two attached hydrogens (primary N) is 1. The summed E-state index contributed by atoms with van der Waals surface area (Å²) in [5.41, 5.74) is 5.72. The van der Waals surface area contributed by atoms with Gasteiger partial charge in [-0.3, -0.25) is 4.79 Å². The van der Waals surface area contributed by atoms with Gasteiger partial charge in [-0.25, -0.2) is 0 Å². The fraction of sp³-hybridized carbons (Fsp3) is 0.917. The van der Waals surface area contributed by atoms with Crippen LogP contribution < -0.4 is 5.73 Å². The molecule has 88 valence electrons. The number of rotatable bonds is 6. The van der Waals surface area contributed by atoms with Crippen LogP contribution in [0.5, 0.6) is 0 Å². The quantitative estimate of drug-likeness (QED) is 0.727. The highest BCUT2D eigenvalue weighted by Crippen LogP contribution is 2.33. The molecule has 1 saturated carbocycles. The molecule has 3 heteroatoms. The van der Waals surface area contributed by atoms with Gasteiger partial charge in [-0.1, -0.05) is 13.8 Å². The van der Waals surface area contributed by atoms with Crippen LogP contribution in [0.1, 0.15) is 40.0 Å². The molecular weight excluding hydrogens is 188 g/mol. The third kappa shape index (κ3) is 4.20. The Morgan fingerprint density at radius 3 is 2.47 bits per heavy atom. The number of carbonyl (C=O) groups is 1. The Kier molecular flexibility index (Phi) is 4.14. The van der Waals surface area contributed by atoms with Crippen molar-refractivity contribution in [2.45, 2.75) is 40.0 Å². The molecule has 0 aliphatic heterocycles. The van der Waals surface area contributed by atoms with Crippen molar-refractivity contribution in [3.63, 3.8) is 0 Å². The van der Waals surface area contributed by atoms with Crippen molar-refractivity contribution in [3.05, 3.63) is 0 Å². The molecule has 0 bridgehead atoms. The Bertz CT molecular complexity index is 222. The third-order valence-electron chi connectivity index (χ3n) is 3.07. The highest BCUT2D eigenvalue weighted by molar-refractivity contribution is 5.76. The monoisotopic (exact) mass is 212 g/mol. The van der Waals surface area contributed by atoms with Gasteiger partial charge in [-0.15, -0.1) is 0 Å². The predicted molar refractivity (Wildman–Crippen MR) is 62.4 cm³/mol. The van der Waals surface area contributed by atoms with Crippen molar-refractivity contribution in [3.8, 4) is 0 Å². The minimum absolute atomic E-state index is 0.0369. The zero-order chi connectivity index (χ0) is 11.5. The van der Waals surface area contributed by atoms with Gasteiger partial charge in [0.1, 0.15) is 0 Å². The summed E-state index contributed by atoms with van der Waals surface area (Å²) in [4.78, 5) is 13.9. The van der Waals surface area contributed by atoms with Crippen molar-refractivity contribution >= 4 is 5.91 Å². The maximum Gasteiger partial charge on any atom is 0.222 e. The lowest BCUT2D eigenvalue weighted by Crippen LogP contribution is -2.42. The van der Waals surface area contributed by atoms with Crippen LogP contribution >= 0.6 is 0 Å². The van der Waals surface area contributed by atoms with Crippen molar-refractivity contribution in [1.82, 2.24) is 4.90 Å². The van der Waals surface area contributed by atoms with E-state index in [2.05, 4.69) is 13.8 Å². The Morgan fingerprint density at radius 1 is 1.47 bits per heavy atom. The summed E-state index contributed by atoms with van der Waals surface area (Å²) in [5, 5.41) is 0. The van der Waals surface area contributed by atoms with Gasteiger partial charge < -0.3 is 10.6 Å². The molecule has 15 heavy (non-hydrogen) atoms. The summed E-state index contributed by atoms with van der Waals surface area (Å²) in [5.74, 6) is 0.981. The van der Waals surface area contributed by atoms with Crippen LogP contribution in [0.15, 0.2) is 0 Å². The summed E-state index contributed by atoms with van der Waals surface area (Å²) in [6.07, 6.45) is 3.22. The van der Waals surface area contributed by atoms with Crippen LogP contribution in [0.3, 0.4) is 0 Å². The maximum atomic E-state index is 11.9. The topological polar surface area (TPSA) is 46.3 Å². The van der Waals surface area contributed by atoms with E-state index in [1.54, 1.807) is 0 Å². The van der Waals surface area contributed by atoms with E-state index in [0.717, 1.165) is 19.5 Å². The molecule has 0 saturated heterocycles. The van der Waals surface area contributed by atoms with E-state index in [0.29, 0.717) is 18.4 Å². The number of amides is 1. The molecule has 0 unspecified atom stereocenters. The number of hydrogen-bond donors (Lipinski definition) is 1. The number of nitrogens with zero attached hydrogens (tertiary/aromatic N) is 1. The normalized spacial score (nSPS) is 16.5. The van der Waals surface area contributed by atoms with Crippen LogP contribution in [0.2, 0.25) is 0 Å². The van der Waals surface area contributed by atoms with Crippen LogP contribution in [0.25, 0.3) is 0 Å². The fourth-order valence-electron chi connectivity index (χ4n) is 1.66. The van der Waals surface area contributed by atoms with E-state index in [1.165, 1.54) is 12.8 Å². The minimum Gasteiger partial charge on any atom is -0.342 e. The predicted octanol–water partition coefficient (Wildman–Crippen LogP) is 1.62. The highest BCUT2D eigenvalue weighted by atomic mass is 16.2. The van der Waals surface area contributed by atoms with E-state index < -0.39 is 0 Å². The van der Waals surface area contributed by atoms with E-state index in [1.807, 2.05) is 11.8 Å². The van der Waals surface area contributed by atoms with Gasteiger partial charge in [0.2, 0.25) is 5.91 Å². The van der Waals surface area contributed by atoms with Crippen molar-refractivity contribution in [2.24, 2.45) is 17.1 Å². The first-order valence-electron chi connectivity index (χ1n) is 5.96. The Morgan fingerprint density at radius 2 is 2.07 bits per heavy atom. The molecule has 3 nitrogen and oxygen atoms in total. The number of carbonyl (C=O) groups excluding carboxylic acids is 1. The standard InChI is InChI=1S/C12H24N2O/c1-4-14(9-12(2,3)8-13)11(15)7-10-5-6-10/h10H,4-9,13H2,1-3H3. The smallest absolute Gasteiger partial charge is 0.222 e. The molecule has 1 rings (SSSR count). The number of hydrogen-bond acceptors (Lipinski definition) is 2. The zero-order valence-electron chi connectivity index (χ0n) is 10.3. The molecule has 0 radical (unpaired) electrons. The van der Waals surface area contributed by atoms with Gasteiger partial charge >= 0.3 is 0 Å². The first kappa shape index (κ1) is 12.5. The molecule has 0 aromatic heterocycles. The van der Waals surface area contributed by atoms with Crippen LogP contribution in [0.4, 0.5) is 0 Å². The lowest BCUT2D eigenvalue weighted by Gasteiger charge is -2.31. The van der Waals surface area contributed by atoms with Crippen molar-refractivity contribution in [1.29, 1.82) is 0 Å². The summed E-state index contributed by atoms with van der Waals surface area (Å²) in [7, 11) is 0. The van der Waals surface area contributed by atoms with E-state index in [9.17, 15) is 4.79 Å². The Balaban J connectivity index is 2.42. The summed E-state index contributed by atoms with van der Waals surface area (Å²) >= 11 is 0. The first-order chi connectivity index (χ1) is 6.98. The molecule has 0 atom stereocenters. The van der Waals surface area contributed by atoms with Gasteiger partial charge in [0.05, 0.1) is 0 Å². The molecule has 0 spiro atoms. The molecule has 0 aromatic rings. The van der Waals surface area contributed by atoms with Crippen molar-refractivity contribution < 1.29 is 4.79 Å². The summed E-state index contributed by atoms with van der Waals surface area (Å²) in [6.45, 7) is 8.47. The van der Waals surface area contributed by atoms with Crippen LogP contribution in [0, 0.1) is 11.3 Å². The molecule has 1 aliphatic carbocycles. The van der Waals surface area contributed by atoms with Gasteiger partial charge in [0.25, 0.3) is 0 Å². The SMILES string of the molecule is CCN(CC(C)(C)CN)C(=O)CC1CC1. The van der Waals surface area contributed by atoms with Gasteiger partial charge in [-0.2, -0.15) is 0 Å². The maximum absolute atomic E-state index is 11.9. The lowest BCUT2D eigenvalue weighted by molar-refractivity contribution is -0.132. The largest absolute Gasteiger partial charge is 0.342 e. The fourth-order valence-corrected chi connectivity index (χ4v) is 1.66. The van der Waals surface area contributed by atoms with E-state index in [4.69, 9.17) is 5.73 Å². The van der Waals surface area contributed by atoms with Crippen LogP contribution in [-0.2, 0) is 4.79 Å². The van der Waals surface area contributed by atoms with Gasteiger partial charge in [0.15, 0.2) is 0 Å². The van der Waals surface area contributed by atoms with Gasteiger partial charge in [-0.05, 0) is 37.6 Å².